The maximum atomic E-state index is 11.4. The van der Waals surface area contributed by atoms with Crippen molar-refractivity contribution in [3.63, 3.8) is 0 Å². The molecule has 78 valence electrons. The lowest BCUT2D eigenvalue weighted by molar-refractivity contribution is 0.0905. The average Bonchev–Trinajstić information content (AvgIpc) is 2.52. The van der Waals surface area contributed by atoms with Crippen LogP contribution in [0.2, 0.25) is 0 Å². The van der Waals surface area contributed by atoms with Gasteiger partial charge in [0.2, 0.25) is 0 Å². The second-order valence-corrected chi connectivity index (χ2v) is 3.77. The van der Waals surface area contributed by atoms with Crippen LogP contribution in [0, 0.1) is 0 Å². The molecule has 0 aliphatic rings. The van der Waals surface area contributed by atoms with E-state index in [0.717, 1.165) is 0 Å². The highest BCUT2D eigenvalue weighted by Gasteiger charge is 2.12. The molecule has 0 aromatic carbocycles. The molecule has 0 saturated heterocycles. The predicted molar refractivity (Wildman–Crippen MR) is 55.0 cm³/mol. The third-order valence-electron chi connectivity index (χ3n) is 1.74. The summed E-state index contributed by atoms with van der Waals surface area (Å²) in [6.07, 6.45) is 0.535. The Kier molecular flexibility index (Phi) is 4.16. The van der Waals surface area contributed by atoms with E-state index in [-0.39, 0.29) is 24.3 Å². The number of carbonyl (C=O) groups excluding carboxylic acids is 1. The van der Waals surface area contributed by atoms with Crippen molar-refractivity contribution in [3.8, 4) is 0 Å². The van der Waals surface area contributed by atoms with E-state index in [1.165, 1.54) is 0 Å². The van der Waals surface area contributed by atoms with Gasteiger partial charge in [0, 0.05) is 12.6 Å². The molecule has 0 bridgehead atoms. The predicted octanol–water partition coefficient (Wildman–Crippen LogP) is 1.54. The molecule has 1 aromatic heterocycles. The van der Waals surface area contributed by atoms with Crippen LogP contribution in [0.25, 0.3) is 0 Å². The van der Waals surface area contributed by atoms with Gasteiger partial charge in [0.15, 0.2) is 10.4 Å². The van der Waals surface area contributed by atoms with Crippen LogP contribution in [0.1, 0.15) is 23.9 Å². The number of amides is 1. The Hall–Kier alpha value is -0.810. The maximum Gasteiger partial charge on any atom is 0.287 e. The van der Waals surface area contributed by atoms with Gasteiger partial charge in [-0.2, -0.15) is 0 Å². The standard InChI is InChI=1S/C9H12BrNO3/c1-6(4-5-12)11-9(13)7-2-3-8(10)14-7/h2-3,6,12H,4-5H2,1H3,(H,11,13). The van der Waals surface area contributed by atoms with Crippen LogP contribution in [0.3, 0.4) is 0 Å². The van der Waals surface area contributed by atoms with Crippen molar-refractivity contribution in [1.29, 1.82) is 0 Å². The molecule has 14 heavy (non-hydrogen) atoms. The van der Waals surface area contributed by atoms with Crippen LogP contribution in [-0.2, 0) is 0 Å². The summed E-state index contributed by atoms with van der Waals surface area (Å²) >= 11 is 3.11. The van der Waals surface area contributed by atoms with E-state index in [1.807, 2.05) is 6.92 Å². The Morgan fingerprint density at radius 1 is 1.71 bits per heavy atom. The molecular weight excluding hydrogens is 250 g/mol. The number of aliphatic hydroxyl groups excluding tert-OH is 1. The molecule has 1 unspecified atom stereocenters. The quantitative estimate of drug-likeness (QED) is 0.865. The van der Waals surface area contributed by atoms with Gasteiger partial charge in [-0.05, 0) is 41.4 Å². The summed E-state index contributed by atoms with van der Waals surface area (Å²) in [6.45, 7) is 1.88. The summed E-state index contributed by atoms with van der Waals surface area (Å²) in [5.74, 6) is -0.00156. The molecule has 1 aromatic rings. The molecule has 0 aliphatic heterocycles. The smallest absolute Gasteiger partial charge is 0.287 e. The molecule has 5 heteroatoms. The van der Waals surface area contributed by atoms with Crippen molar-refractivity contribution in [2.75, 3.05) is 6.61 Å². The van der Waals surface area contributed by atoms with Crippen molar-refractivity contribution < 1.29 is 14.3 Å². The van der Waals surface area contributed by atoms with Gasteiger partial charge in [-0.3, -0.25) is 4.79 Å². The van der Waals surface area contributed by atoms with Crippen molar-refractivity contribution >= 4 is 21.8 Å². The zero-order valence-electron chi connectivity index (χ0n) is 7.79. The van der Waals surface area contributed by atoms with Crippen LogP contribution in [0.4, 0.5) is 0 Å². The Labute approximate surface area is 90.4 Å². The molecule has 0 saturated carbocycles. The fourth-order valence-corrected chi connectivity index (χ4v) is 1.30. The first-order chi connectivity index (χ1) is 6.63. The van der Waals surface area contributed by atoms with Gasteiger partial charge in [0.25, 0.3) is 5.91 Å². The summed E-state index contributed by atoms with van der Waals surface area (Å²) in [5, 5.41) is 11.3. The lowest BCUT2D eigenvalue weighted by Crippen LogP contribution is -2.32. The normalized spacial score (nSPS) is 12.5. The topological polar surface area (TPSA) is 62.5 Å². The first kappa shape index (κ1) is 11.3. The fourth-order valence-electron chi connectivity index (χ4n) is 0.997. The molecule has 2 N–H and O–H groups in total. The third kappa shape index (κ3) is 3.16. The molecular formula is C9H12BrNO3. The average molecular weight is 262 g/mol. The molecule has 0 fully saturated rings. The van der Waals surface area contributed by atoms with Crippen molar-refractivity contribution in [3.05, 3.63) is 22.6 Å². The van der Waals surface area contributed by atoms with Crippen LogP contribution >= 0.6 is 15.9 Å². The van der Waals surface area contributed by atoms with Gasteiger partial charge in [-0.1, -0.05) is 0 Å². The van der Waals surface area contributed by atoms with Gasteiger partial charge in [-0.25, -0.2) is 0 Å². The number of hydrogen-bond donors (Lipinski definition) is 2. The highest BCUT2D eigenvalue weighted by molar-refractivity contribution is 9.10. The van der Waals surface area contributed by atoms with Crippen LogP contribution < -0.4 is 5.32 Å². The maximum absolute atomic E-state index is 11.4. The van der Waals surface area contributed by atoms with E-state index in [1.54, 1.807) is 12.1 Å². The molecule has 0 radical (unpaired) electrons. The highest BCUT2D eigenvalue weighted by atomic mass is 79.9. The molecule has 4 nitrogen and oxygen atoms in total. The Morgan fingerprint density at radius 2 is 2.43 bits per heavy atom. The van der Waals surface area contributed by atoms with E-state index in [0.29, 0.717) is 11.1 Å². The van der Waals surface area contributed by atoms with E-state index in [2.05, 4.69) is 21.2 Å². The minimum Gasteiger partial charge on any atom is -0.444 e. The Morgan fingerprint density at radius 3 is 2.93 bits per heavy atom. The second kappa shape index (κ2) is 5.17. The van der Waals surface area contributed by atoms with Gasteiger partial charge >= 0.3 is 0 Å². The SMILES string of the molecule is CC(CCO)NC(=O)c1ccc(Br)o1. The van der Waals surface area contributed by atoms with Crippen molar-refractivity contribution in [1.82, 2.24) is 5.32 Å². The van der Waals surface area contributed by atoms with Gasteiger partial charge in [0.05, 0.1) is 0 Å². The van der Waals surface area contributed by atoms with E-state index in [9.17, 15) is 4.79 Å². The summed E-state index contributed by atoms with van der Waals surface area (Å²) in [5.41, 5.74) is 0. The number of hydrogen-bond acceptors (Lipinski definition) is 3. The minimum atomic E-state index is -0.267. The van der Waals surface area contributed by atoms with E-state index in [4.69, 9.17) is 9.52 Å². The highest BCUT2D eigenvalue weighted by Crippen LogP contribution is 2.13. The third-order valence-corrected chi connectivity index (χ3v) is 2.16. The summed E-state index contributed by atoms with van der Waals surface area (Å²) in [4.78, 5) is 11.4. The van der Waals surface area contributed by atoms with Gasteiger partial charge in [0.1, 0.15) is 0 Å². The minimum absolute atomic E-state index is 0.0588. The lowest BCUT2D eigenvalue weighted by Gasteiger charge is -2.10. The molecule has 0 spiro atoms. The summed E-state index contributed by atoms with van der Waals surface area (Å²) in [6, 6.07) is 3.19. The van der Waals surface area contributed by atoms with Crippen molar-refractivity contribution in [2.24, 2.45) is 0 Å². The number of halogens is 1. The number of aliphatic hydroxyl groups is 1. The molecule has 1 heterocycles. The van der Waals surface area contributed by atoms with Crippen molar-refractivity contribution in [2.45, 2.75) is 19.4 Å². The first-order valence-corrected chi connectivity index (χ1v) is 5.10. The summed E-state index contributed by atoms with van der Waals surface area (Å²) in [7, 11) is 0. The Bertz CT molecular complexity index is 311. The van der Waals surface area contributed by atoms with Gasteiger partial charge in [-0.15, -0.1) is 0 Å². The fraction of sp³-hybridized carbons (Fsp3) is 0.444. The summed E-state index contributed by atoms with van der Waals surface area (Å²) < 4.78 is 5.59. The zero-order valence-corrected chi connectivity index (χ0v) is 9.37. The molecule has 1 atom stereocenters. The Balaban J connectivity index is 2.50. The number of rotatable bonds is 4. The largest absolute Gasteiger partial charge is 0.444 e. The molecule has 0 aliphatic carbocycles. The first-order valence-electron chi connectivity index (χ1n) is 4.30. The van der Waals surface area contributed by atoms with Crippen LogP contribution in [0.15, 0.2) is 21.2 Å². The van der Waals surface area contributed by atoms with Crippen LogP contribution in [0.5, 0.6) is 0 Å². The molecule has 1 amide bonds. The lowest BCUT2D eigenvalue weighted by atomic mass is 10.2. The zero-order chi connectivity index (χ0) is 10.6. The van der Waals surface area contributed by atoms with Gasteiger partial charge < -0.3 is 14.8 Å². The number of nitrogens with one attached hydrogen (secondary N) is 1. The van der Waals surface area contributed by atoms with E-state index < -0.39 is 0 Å². The van der Waals surface area contributed by atoms with Crippen LogP contribution in [-0.4, -0.2) is 23.7 Å². The van der Waals surface area contributed by atoms with E-state index >= 15 is 0 Å². The molecule has 1 rings (SSSR count). The second-order valence-electron chi connectivity index (χ2n) is 2.99. The number of furan rings is 1. The number of carbonyl (C=O) groups is 1. The monoisotopic (exact) mass is 261 g/mol.